The van der Waals surface area contributed by atoms with E-state index in [2.05, 4.69) is 5.32 Å². The van der Waals surface area contributed by atoms with Crippen molar-refractivity contribution < 1.29 is 41.3 Å². The van der Waals surface area contributed by atoms with E-state index in [0.29, 0.717) is 17.2 Å². The maximum absolute atomic E-state index is 13.8. The molecule has 4 rings (SSSR count). The van der Waals surface area contributed by atoms with Crippen LogP contribution in [0.1, 0.15) is 5.76 Å². The molecular formula is C26H20F3NO7. The summed E-state index contributed by atoms with van der Waals surface area (Å²) in [6.45, 7) is -0.438. The predicted octanol–water partition coefficient (Wildman–Crippen LogP) is 5.64. The van der Waals surface area contributed by atoms with Crippen LogP contribution in [0.5, 0.6) is 28.7 Å². The predicted molar refractivity (Wildman–Crippen MR) is 128 cm³/mol. The van der Waals surface area contributed by atoms with E-state index in [1.165, 1.54) is 50.6 Å². The van der Waals surface area contributed by atoms with E-state index < -0.39 is 35.6 Å². The summed E-state index contributed by atoms with van der Waals surface area (Å²) in [5, 5.41) is 2.45. The Balaban J connectivity index is 1.56. The van der Waals surface area contributed by atoms with Crippen LogP contribution in [0, 0.1) is 0 Å². The molecule has 1 amide bonds. The fourth-order valence-corrected chi connectivity index (χ4v) is 3.31. The molecule has 1 N–H and O–H groups in total. The minimum Gasteiger partial charge on any atom is -0.497 e. The third kappa shape index (κ3) is 5.95. The summed E-state index contributed by atoms with van der Waals surface area (Å²) < 4.78 is 67.1. The molecule has 8 nitrogen and oxygen atoms in total. The van der Waals surface area contributed by atoms with Gasteiger partial charge in [-0.05, 0) is 60.7 Å². The normalized spacial score (nSPS) is 11.2. The molecular weight excluding hydrogens is 495 g/mol. The van der Waals surface area contributed by atoms with Gasteiger partial charge in [0, 0.05) is 11.8 Å². The van der Waals surface area contributed by atoms with Crippen LogP contribution in [0.4, 0.5) is 18.9 Å². The number of hydrogen-bond acceptors (Lipinski definition) is 7. The first-order valence-electron chi connectivity index (χ1n) is 10.7. The molecule has 0 fully saturated rings. The van der Waals surface area contributed by atoms with Gasteiger partial charge >= 0.3 is 6.18 Å². The Morgan fingerprint density at radius 2 is 1.43 bits per heavy atom. The summed E-state index contributed by atoms with van der Waals surface area (Å²) in [4.78, 5) is 25.1. The first kappa shape index (κ1) is 25.4. The highest BCUT2D eigenvalue weighted by Gasteiger charge is 2.40. The number of fused-ring (bicyclic) bond motifs is 1. The number of nitrogens with one attached hydrogen (secondary N) is 1. The summed E-state index contributed by atoms with van der Waals surface area (Å²) >= 11 is 0. The fraction of sp³-hybridized carbons (Fsp3) is 0.154. The number of rotatable bonds is 8. The van der Waals surface area contributed by atoms with E-state index in [9.17, 15) is 22.8 Å². The molecule has 0 radical (unpaired) electrons. The van der Waals surface area contributed by atoms with E-state index in [-0.39, 0.29) is 22.5 Å². The van der Waals surface area contributed by atoms with Crippen LogP contribution in [-0.2, 0) is 11.0 Å². The first-order chi connectivity index (χ1) is 17.7. The van der Waals surface area contributed by atoms with Crippen LogP contribution in [0.2, 0.25) is 0 Å². The van der Waals surface area contributed by atoms with Crippen LogP contribution in [0.15, 0.2) is 75.9 Å². The van der Waals surface area contributed by atoms with Crippen LogP contribution in [0.25, 0.3) is 11.0 Å². The summed E-state index contributed by atoms with van der Waals surface area (Å²) in [7, 11) is 2.94. The minimum atomic E-state index is -5.02. The average molecular weight is 515 g/mol. The third-order valence-corrected chi connectivity index (χ3v) is 5.10. The minimum absolute atomic E-state index is 0.0132. The molecule has 4 aromatic rings. The molecule has 192 valence electrons. The standard InChI is InChI=1S/C26H20F3NO7/c1-33-16-5-3-15(4-6-16)30-22(31)14-35-19-11-12-20-21(13-19)37-25(26(27,28)29)24(23(20)32)36-18-9-7-17(34-2)8-10-18/h3-13H,14H2,1-2H3,(H,30,31). The molecule has 0 saturated carbocycles. The Bertz CT molecular complexity index is 1460. The van der Waals surface area contributed by atoms with Crippen LogP contribution in [0.3, 0.4) is 0 Å². The Hall–Kier alpha value is -4.67. The van der Waals surface area contributed by atoms with Crippen molar-refractivity contribution in [3.05, 3.63) is 82.7 Å². The SMILES string of the molecule is COc1ccc(NC(=O)COc2ccc3c(=O)c(Oc4ccc(OC)cc4)c(C(F)(F)F)oc3c2)cc1. The van der Waals surface area contributed by atoms with Crippen LogP contribution < -0.4 is 29.7 Å². The van der Waals surface area contributed by atoms with Gasteiger partial charge in [-0.2, -0.15) is 13.2 Å². The smallest absolute Gasteiger partial charge is 0.453 e. The van der Waals surface area contributed by atoms with Crippen molar-refractivity contribution in [1.29, 1.82) is 0 Å². The number of carbonyl (C=O) groups excluding carboxylic acids is 1. The largest absolute Gasteiger partial charge is 0.497 e. The second-order valence-electron chi connectivity index (χ2n) is 7.59. The van der Waals surface area contributed by atoms with Crippen molar-refractivity contribution in [2.24, 2.45) is 0 Å². The van der Waals surface area contributed by atoms with E-state index in [0.717, 1.165) is 6.07 Å². The molecule has 0 saturated heterocycles. The lowest BCUT2D eigenvalue weighted by atomic mass is 10.2. The number of ether oxygens (including phenoxy) is 4. The van der Waals surface area contributed by atoms with Gasteiger partial charge in [-0.25, -0.2) is 0 Å². The zero-order valence-electron chi connectivity index (χ0n) is 19.5. The van der Waals surface area contributed by atoms with Gasteiger partial charge in [0.15, 0.2) is 6.61 Å². The Morgan fingerprint density at radius 3 is 2.03 bits per heavy atom. The second-order valence-corrected chi connectivity index (χ2v) is 7.59. The molecule has 1 heterocycles. The van der Waals surface area contributed by atoms with Gasteiger partial charge in [-0.1, -0.05) is 0 Å². The third-order valence-electron chi connectivity index (χ3n) is 5.10. The number of anilines is 1. The lowest BCUT2D eigenvalue weighted by molar-refractivity contribution is -0.154. The lowest BCUT2D eigenvalue weighted by Gasteiger charge is -2.14. The topological polar surface area (TPSA) is 96.2 Å². The van der Waals surface area contributed by atoms with Gasteiger partial charge in [0.25, 0.3) is 11.7 Å². The molecule has 37 heavy (non-hydrogen) atoms. The van der Waals surface area contributed by atoms with Gasteiger partial charge in [0.1, 0.15) is 28.6 Å². The van der Waals surface area contributed by atoms with Crippen LogP contribution in [-0.4, -0.2) is 26.7 Å². The highest BCUT2D eigenvalue weighted by atomic mass is 19.4. The monoisotopic (exact) mass is 515 g/mol. The van der Waals surface area contributed by atoms with Crippen molar-refractivity contribution >= 4 is 22.6 Å². The van der Waals surface area contributed by atoms with E-state index >= 15 is 0 Å². The van der Waals surface area contributed by atoms with E-state index in [4.69, 9.17) is 23.4 Å². The number of alkyl halides is 3. The number of amides is 1. The Morgan fingerprint density at radius 1 is 0.865 bits per heavy atom. The maximum atomic E-state index is 13.8. The summed E-state index contributed by atoms with van der Waals surface area (Å²) in [6, 6.07) is 15.9. The van der Waals surface area contributed by atoms with Crippen molar-refractivity contribution in [3.8, 4) is 28.7 Å². The van der Waals surface area contributed by atoms with Gasteiger partial charge < -0.3 is 28.7 Å². The average Bonchev–Trinajstić information content (AvgIpc) is 2.89. The van der Waals surface area contributed by atoms with Crippen molar-refractivity contribution in [1.82, 2.24) is 0 Å². The van der Waals surface area contributed by atoms with Gasteiger partial charge in [0.2, 0.25) is 11.2 Å². The Labute approximate surface area is 208 Å². The van der Waals surface area contributed by atoms with E-state index in [1.54, 1.807) is 24.3 Å². The highest BCUT2D eigenvalue weighted by molar-refractivity contribution is 5.92. The molecule has 0 aliphatic heterocycles. The molecule has 11 heteroatoms. The summed E-state index contributed by atoms with van der Waals surface area (Å²) in [6.07, 6.45) is -5.02. The number of halogens is 3. The molecule has 0 aliphatic rings. The molecule has 0 atom stereocenters. The lowest BCUT2D eigenvalue weighted by Crippen LogP contribution is -2.20. The quantitative estimate of drug-likeness (QED) is 0.325. The number of benzene rings is 3. The number of methoxy groups -OCH3 is 2. The fourth-order valence-electron chi connectivity index (χ4n) is 3.31. The molecule has 3 aromatic carbocycles. The zero-order chi connectivity index (χ0) is 26.6. The summed E-state index contributed by atoms with van der Waals surface area (Å²) in [5.41, 5.74) is -0.904. The van der Waals surface area contributed by atoms with E-state index in [1.807, 2.05) is 0 Å². The summed E-state index contributed by atoms with van der Waals surface area (Å²) in [5.74, 6) is -2.03. The van der Waals surface area contributed by atoms with Gasteiger partial charge in [-0.15, -0.1) is 0 Å². The zero-order valence-corrected chi connectivity index (χ0v) is 19.5. The Kier molecular flexibility index (Phi) is 7.23. The van der Waals surface area contributed by atoms with Crippen molar-refractivity contribution in [3.63, 3.8) is 0 Å². The van der Waals surface area contributed by atoms with Crippen LogP contribution >= 0.6 is 0 Å². The molecule has 0 bridgehead atoms. The molecule has 0 spiro atoms. The van der Waals surface area contributed by atoms with Crippen molar-refractivity contribution in [2.45, 2.75) is 6.18 Å². The second kappa shape index (κ2) is 10.5. The van der Waals surface area contributed by atoms with Gasteiger partial charge in [-0.3, -0.25) is 9.59 Å². The molecule has 1 aromatic heterocycles. The highest BCUT2D eigenvalue weighted by Crippen LogP contribution is 2.38. The van der Waals surface area contributed by atoms with Crippen molar-refractivity contribution in [2.75, 3.05) is 26.1 Å². The molecule has 0 aliphatic carbocycles. The number of carbonyl (C=O) groups is 1. The maximum Gasteiger partial charge on any atom is 0.453 e. The number of hydrogen-bond donors (Lipinski definition) is 1. The first-order valence-corrected chi connectivity index (χ1v) is 10.7. The van der Waals surface area contributed by atoms with Gasteiger partial charge in [0.05, 0.1) is 19.6 Å². The molecule has 0 unspecified atom stereocenters.